The van der Waals surface area contributed by atoms with Gasteiger partial charge in [0.2, 0.25) is 5.91 Å². The number of esters is 1. The summed E-state index contributed by atoms with van der Waals surface area (Å²) in [5, 5.41) is 47.3. The van der Waals surface area contributed by atoms with Crippen LogP contribution in [-0.2, 0) is 55.6 Å². The lowest BCUT2D eigenvalue weighted by atomic mass is 10.1. The third-order valence-corrected chi connectivity index (χ3v) is 14.9. The fourth-order valence-corrected chi connectivity index (χ4v) is 9.74. The van der Waals surface area contributed by atoms with Crippen LogP contribution in [0.25, 0.3) is 0 Å². The molecule has 11 N–H and O–H groups in total. The maximum absolute atomic E-state index is 12.2. The van der Waals surface area contributed by atoms with Crippen molar-refractivity contribution in [3.63, 3.8) is 0 Å². The molecule has 0 unspecified atom stereocenters. The van der Waals surface area contributed by atoms with Crippen LogP contribution in [0.5, 0.6) is 17.2 Å². The monoisotopic (exact) mass is 1310 g/mol. The Kier molecular flexibility index (Phi) is 39.3. The molecule has 4 fully saturated rings. The summed E-state index contributed by atoms with van der Waals surface area (Å²) in [6.45, 7) is 30.1. The molecule has 1 aromatic heterocycles. The topological polar surface area (TPSA) is 307 Å². The highest BCUT2D eigenvalue weighted by molar-refractivity contribution is 6.17. The molecular formula is C69H96ClN15O9. The second-order valence-corrected chi connectivity index (χ2v) is 22.0. The van der Waals surface area contributed by atoms with Gasteiger partial charge >= 0.3 is 5.97 Å². The molecule has 24 nitrogen and oxygen atoms in total. The van der Waals surface area contributed by atoms with Gasteiger partial charge < -0.3 is 36.0 Å². The van der Waals surface area contributed by atoms with Gasteiger partial charge in [-0.05, 0) is 78.8 Å². The number of ether oxygens (including phenoxy) is 1. The smallest absolute Gasteiger partial charge is 0.320 e. The van der Waals surface area contributed by atoms with Gasteiger partial charge in [-0.15, -0.1) is 31.3 Å². The highest BCUT2D eigenvalue weighted by atomic mass is 35.5. The number of pyridine rings is 1. The lowest BCUT2D eigenvalue weighted by Gasteiger charge is -2.33. The Labute approximate surface area is 558 Å². The Balaban J connectivity index is 0.000000255. The van der Waals surface area contributed by atoms with Gasteiger partial charge in [0.25, 0.3) is 11.8 Å². The number of nitrogens with zero attached hydrogens (tertiary/aromatic N) is 8. The summed E-state index contributed by atoms with van der Waals surface area (Å²) in [6, 6.07) is 31.8. The highest BCUT2D eigenvalue weighted by Crippen LogP contribution is 2.23. The highest BCUT2D eigenvalue weighted by Gasteiger charge is 2.20. The maximum Gasteiger partial charge on any atom is 0.320 e. The number of aromatic nitrogens is 1. The fraction of sp³-hybridized carbons (Fsp3) is 0.391. The summed E-state index contributed by atoms with van der Waals surface area (Å²) in [5.41, 5.74) is 13.1. The zero-order valence-corrected chi connectivity index (χ0v) is 54.9. The van der Waals surface area contributed by atoms with Crippen molar-refractivity contribution in [2.24, 2.45) is 16.0 Å². The van der Waals surface area contributed by atoms with Crippen LogP contribution in [-0.4, -0.2) is 225 Å². The van der Waals surface area contributed by atoms with Gasteiger partial charge in [0.15, 0.2) is 6.29 Å². The first-order valence-corrected chi connectivity index (χ1v) is 32.0. The number of carbonyl (C=O) groups is 5. The minimum atomic E-state index is -0.166. The van der Waals surface area contributed by atoms with Gasteiger partial charge in [0.1, 0.15) is 17.2 Å². The molecular weight excluding hydrogens is 1220 g/mol. The first kappa shape index (κ1) is 77.9. The summed E-state index contributed by atoms with van der Waals surface area (Å²) in [4.78, 5) is 71.2. The molecule has 0 radical (unpaired) electrons. The van der Waals surface area contributed by atoms with Gasteiger partial charge in [-0.2, -0.15) is 10.2 Å². The van der Waals surface area contributed by atoms with E-state index in [1.54, 1.807) is 48.6 Å². The quantitative estimate of drug-likeness (QED) is 0.00647. The molecule has 5 heterocycles. The SMILES string of the molecule is C=CCc1cccc(/C=N/NC(=O)CN2CCN(Cc3ccccn3)CC2)c1O.C=CCc1cccc(/C=N/NC(=O)CN2CCNCC2)c1O.C=CCc1cccc(C=O)c1O.CCOC(=O)CN1CCNCC1.ClCc1ccccc1.NNC(=O)CN1CCNCC1. The van der Waals surface area contributed by atoms with E-state index in [0.717, 1.165) is 134 Å². The molecule has 4 aromatic carbocycles. The maximum atomic E-state index is 12.2. The van der Waals surface area contributed by atoms with Gasteiger partial charge in [-0.3, -0.25) is 58.9 Å². The number of alkyl halides is 1. The molecule has 94 heavy (non-hydrogen) atoms. The summed E-state index contributed by atoms with van der Waals surface area (Å²) >= 11 is 5.53. The van der Waals surface area contributed by atoms with Crippen LogP contribution in [0.4, 0.5) is 0 Å². The molecule has 4 saturated heterocycles. The number of amides is 3. The zero-order chi connectivity index (χ0) is 68.0. The number of phenolic OH excluding ortho intramolecular Hbond substituents is 3. The van der Waals surface area contributed by atoms with Crippen molar-refractivity contribution in [3.05, 3.63) is 192 Å². The van der Waals surface area contributed by atoms with Crippen LogP contribution in [0, 0.1) is 0 Å². The predicted molar refractivity (Wildman–Crippen MR) is 372 cm³/mol. The van der Waals surface area contributed by atoms with Gasteiger partial charge in [0.05, 0.1) is 56.5 Å². The normalized spacial score (nSPS) is 15.2. The van der Waals surface area contributed by atoms with Gasteiger partial charge in [0, 0.05) is 134 Å². The number of carbonyl (C=O) groups excluding carboxylic acids is 5. The summed E-state index contributed by atoms with van der Waals surface area (Å²) < 4.78 is 4.84. The number of hydrogen-bond donors (Lipinski definition) is 10. The lowest BCUT2D eigenvalue weighted by Crippen LogP contribution is -2.48. The number of rotatable bonds is 23. The number of aldehydes is 1. The molecule has 25 heteroatoms. The van der Waals surface area contributed by atoms with Crippen molar-refractivity contribution in [1.82, 2.24) is 61.7 Å². The van der Waals surface area contributed by atoms with Crippen molar-refractivity contribution < 1.29 is 44.0 Å². The van der Waals surface area contributed by atoms with Crippen LogP contribution in [0.1, 0.15) is 56.4 Å². The van der Waals surface area contributed by atoms with Crippen molar-refractivity contribution in [3.8, 4) is 17.2 Å². The third kappa shape index (κ3) is 31.9. The minimum absolute atomic E-state index is 0.0624. The second kappa shape index (κ2) is 47.4. The number of benzene rings is 4. The van der Waals surface area contributed by atoms with E-state index in [-0.39, 0.29) is 40.9 Å². The largest absolute Gasteiger partial charge is 0.507 e. The van der Waals surface area contributed by atoms with E-state index in [1.807, 2.05) is 85.9 Å². The van der Waals surface area contributed by atoms with Crippen LogP contribution in [0.2, 0.25) is 0 Å². The fourth-order valence-electron chi connectivity index (χ4n) is 9.56. The van der Waals surface area contributed by atoms with Crippen LogP contribution < -0.4 is 38.1 Å². The van der Waals surface area contributed by atoms with Crippen molar-refractivity contribution in [2.75, 3.05) is 138 Å². The van der Waals surface area contributed by atoms with Gasteiger partial charge in [-0.25, -0.2) is 16.7 Å². The predicted octanol–water partition coefficient (Wildman–Crippen LogP) is 3.95. The van der Waals surface area contributed by atoms with E-state index < -0.39 is 0 Å². The molecule has 0 atom stereocenters. The number of allylic oxidation sites excluding steroid dienone is 3. The standard InChI is InChI=1S/C22H27N5O2.C16H22N4O2.C10H10O2.C8H16N2O2.C7H7Cl.C6H14N4O/c1-2-6-18-7-5-8-19(22(18)29)15-24-25-21(28)17-27-13-11-26(12-14-27)16-20-9-3-4-10-23-20;1-2-4-13-5-3-6-14(16(13)22)11-18-19-15(21)12-20-9-7-17-8-10-20;1-2-4-8-5-3-6-9(7-11)10(8)12;1-2-12-8(11)7-10-5-3-9-4-6-10;8-6-7-4-2-1-3-5-7;7-9-6(11)5-10-3-1-8-2-4-10/h2-5,7-10,15,29H,1,6,11-14,16-17H2,(H,25,28);2-3,5-6,11,17,22H,1,4,7-10,12H2,(H,19,21);2-3,5-7,12H,1,4H2;9H,2-7H2,1H3;1-5H,6H2;8H,1-5,7H2,(H,9,11)/b24-15+;18-11+;;;;. The number of hydrazine groups is 1. The number of hydrazone groups is 2. The molecule has 0 spiro atoms. The Morgan fingerprint density at radius 2 is 0.957 bits per heavy atom. The number of phenols is 3. The van der Waals surface area contributed by atoms with Crippen molar-refractivity contribution >= 4 is 54.0 Å². The lowest BCUT2D eigenvalue weighted by molar-refractivity contribution is -0.144. The number of nitrogens with one attached hydrogen (secondary N) is 6. The Morgan fingerprint density at radius 3 is 1.35 bits per heavy atom. The van der Waals surface area contributed by atoms with E-state index in [2.05, 4.69) is 91.7 Å². The number of para-hydroxylation sites is 3. The minimum Gasteiger partial charge on any atom is -0.507 e. The Bertz CT molecular complexity index is 3100. The molecule has 508 valence electrons. The Morgan fingerprint density at radius 1 is 0.553 bits per heavy atom. The van der Waals surface area contributed by atoms with E-state index in [9.17, 15) is 39.3 Å². The van der Waals surface area contributed by atoms with Gasteiger partial charge in [-0.1, -0.05) is 91.0 Å². The molecule has 3 amide bonds. The Hall–Kier alpha value is -8.53. The molecule has 9 rings (SSSR count). The van der Waals surface area contributed by atoms with E-state index in [0.29, 0.717) is 80.9 Å². The zero-order valence-electron chi connectivity index (χ0n) is 54.2. The average molecular weight is 1320 g/mol. The first-order valence-electron chi connectivity index (χ1n) is 31.5. The van der Waals surface area contributed by atoms with Crippen molar-refractivity contribution in [2.45, 2.75) is 38.6 Å². The van der Waals surface area contributed by atoms with Crippen molar-refractivity contribution in [1.29, 1.82) is 0 Å². The van der Waals surface area contributed by atoms with E-state index in [1.165, 1.54) is 18.0 Å². The third-order valence-electron chi connectivity index (χ3n) is 14.6. The summed E-state index contributed by atoms with van der Waals surface area (Å²) in [5.74, 6) is 5.40. The number of aromatic hydroxyl groups is 3. The van der Waals surface area contributed by atoms with E-state index in [4.69, 9.17) is 22.2 Å². The number of nitrogens with two attached hydrogens (primary N) is 1. The molecule has 5 aromatic rings. The molecule has 4 aliphatic rings. The number of piperazine rings is 4. The molecule has 0 bridgehead atoms. The molecule has 0 aliphatic carbocycles. The van der Waals surface area contributed by atoms with Crippen LogP contribution >= 0.6 is 11.6 Å². The molecule has 4 aliphatic heterocycles. The van der Waals surface area contributed by atoms with Crippen LogP contribution in [0.15, 0.2) is 157 Å². The van der Waals surface area contributed by atoms with E-state index >= 15 is 0 Å². The van der Waals surface area contributed by atoms with Crippen LogP contribution in [0.3, 0.4) is 0 Å². The number of halogens is 1. The second-order valence-electron chi connectivity index (χ2n) is 21.7. The number of hydrogen-bond acceptors (Lipinski definition) is 21. The summed E-state index contributed by atoms with van der Waals surface area (Å²) in [7, 11) is 0. The first-order chi connectivity index (χ1) is 45.7. The summed E-state index contributed by atoms with van der Waals surface area (Å²) in [6.07, 6.45) is 12.3. The average Bonchev–Trinajstić information content (AvgIpc) is 1.08. The molecule has 0 saturated carbocycles.